The average Bonchev–Trinajstić information content (AvgIpc) is 3.15. The number of benzene rings is 1. The van der Waals surface area contributed by atoms with Crippen molar-refractivity contribution in [3.05, 3.63) is 52.0 Å². The summed E-state index contributed by atoms with van der Waals surface area (Å²) in [5, 5.41) is 2.37. The summed E-state index contributed by atoms with van der Waals surface area (Å²) in [5.74, 6) is -0.619. The minimum Gasteiger partial charge on any atom is -0.461 e. The number of ether oxygens (including phenoxy) is 2. The Balaban J connectivity index is 2.16. The van der Waals surface area contributed by atoms with Crippen molar-refractivity contribution in [2.75, 3.05) is 26.9 Å². The van der Waals surface area contributed by atoms with E-state index in [0.29, 0.717) is 37.7 Å². The van der Waals surface area contributed by atoms with Gasteiger partial charge in [-0.2, -0.15) is 0 Å². The lowest BCUT2D eigenvalue weighted by atomic mass is 9.95. The van der Waals surface area contributed by atoms with Crippen molar-refractivity contribution < 1.29 is 19.1 Å². The van der Waals surface area contributed by atoms with E-state index in [2.05, 4.69) is 4.98 Å². The van der Waals surface area contributed by atoms with Crippen LogP contribution in [0.25, 0.3) is 0 Å². The molecule has 1 heterocycles. The van der Waals surface area contributed by atoms with Gasteiger partial charge in [0.2, 0.25) is 5.91 Å². The molecule has 0 saturated heterocycles. The van der Waals surface area contributed by atoms with Crippen molar-refractivity contribution in [2.24, 2.45) is 0 Å². The summed E-state index contributed by atoms with van der Waals surface area (Å²) >= 11 is 1.35. The molecular formula is C20H26N2O4S. The van der Waals surface area contributed by atoms with E-state index in [1.54, 1.807) is 24.3 Å². The van der Waals surface area contributed by atoms with E-state index in [1.165, 1.54) is 11.3 Å². The number of carbonyl (C=O) groups is 2. The van der Waals surface area contributed by atoms with Gasteiger partial charge in [0, 0.05) is 19.0 Å². The first-order valence-corrected chi connectivity index (χ1v) is 9.92. The molecule has 0 aliphatic carbocycles. The van der Waals surface area contributed by atoms with Gasteiger partial charge in [0.05, 0.1) is 25.7 Å². The molecular weight excluding hydrogens is 364 g/mol. The second-order valence-electron chi connectivity index (χ2n) is 5.97. The van der Waals surface area contributed by atoms with E-state index < -0.39 is 5.97 Å². The highest BCUT2D eigenvalue weighted by Gasteiger charge is 2.25. The lowest BCUT2D eigenvalue weighted by Crippen LogP contribution is -2.37. The molecule has 0 fully saturated rings. The minimum absolute atomic E-state index is 0.0358. The zero-order chi connectivity index (χ0) is 19.6. The van der Waals surface area contributed by atoms with Gasteiger partial charge in [-0.3, -0.25) is 4.79 Å². The van der Waals surface area contributed by atoms with E-state index in [1.807, 2.05) is 37.3 Å². The third kappa shape index (κ3) is 5.87. The van der Waals surface area contributed by atoms with Crippen LogP contribution < -0.4 is 0 Å². The Morgan fingerprint density at radius 1 is 1.22 bits per heavy atom. The number of thiazole rings is 1. The fraction of sp³-hybridized carbons (Fsp3) is 0.450. The Morgan fingerprint density at radius 3 is 2.59 bits per heavy atom. The molecule has 2 rings (SSSR count). The number of hydrogen-bond donors (Lipinski definition) is 0. The Hall–Kier alpha value is -2.25. The number of aromatic nitrogens is 1. The van der Waals surface area contributed by atoms with Crippen LogP contribution in [-0.2, 0) is 20.8 Å². The Morgan fingerprint density at radius 2 is 1.96 bits per heavy atom. The SMILES string of the molecule is CCOC(=O)c1csc(CN(CCOC)C(=O)C(CC)c2ccccc2)n1. The number of esters is 1. The lowest BCUT2D eigenvalue weighted by Gasteiger charge is -2.26. The molecule has 0 spiro atoms. The van der Waals surface area contributed by atoms with Crippen LogP contribution >= 0.6 is 11.3 Å². The molecule has 1 aromatic heterocycles. The predicted molar refractivity (Wildman–Crippen MR) is 105 cm³/mol. The quantitative estimate of drug-likeness (QED) is 0.581. The Bertz CT molecular complexity index is 733. The smallest absolute Gasteiger partial charge is 0.357 e. The number of rotatable bonds is 10. The zero-order valence-electron chi connectivity index (χ0n) is 16.0. The second kappa shape index (κ2) is 10.8. The molecule has 1 atom stereocenters. The molecule has 146 valence electrons. The van der Waals surface area contributed by atoms with Gasteiger partial charge in [0.15, 0.2) is 5.69 Å². The van der Waals surface area contributed by atoms with Crippen molar-refractivity contribution in [3.8, 4) is 0 Å². The van der Waals surface area contributed by atoms with E-state index >= 15 is 0 Å². The van der Waals surface area contributed by atoms with Crippen LogP contribution in [0.5, 0.6) is 0 Å². The Labute approximate surface area is 164 Å². The van der Waals surface area contributed by atoms with Crippen LogP contribution in [-0.4, -0.2) is 48.6 Å². The lowest BCUT2D eigenvalue weighted by molar-refractivity contribution is -0.134. The van der Waals surface area contributed by atoms with Gasteiger partial charge in [0.1, 0.15) is 5.01 Å². The first-order chi connectivity index (χ1) is 13.1. The maximum absolute atomic E-state index is 13.2. The van der Waals surface area contributed by atoms with Gasteiger partial charge in [-0.25, -0.2) is 9.78 Å². The van der Waals surface area contributed by atoms with Gasteiger partial charge in [-0.15, -0.1) is 11.3 Å². The minimum atomic E-state index is -0.439. The summed E-state index contributed by atoms with van der Waals surface area (Å²) in [5.41, 5.74) is 1.28. The molecule has 7 heteroatoms. The summed E-state index contributed by atoms with van der Waals surface area (Å²) in [4.78, 5) is 31.1. The maximum Gasteiger partial charge on any atom is 0.357 e. The molecule has 0 radical (unpaired) electrons. The summed E-state index contributed by atoms with van der Waals surface area (Å²) in [6.45, 7) is 5.31. The van der Waals surface area contributed by atoms with Crippen molar-refractivity contribution >= 4 is 23.2 Å². The van der Waals surface area contributed by atoms with E-state index in [-0.39, 0.29) is 17.5 Å². The monoisotopic (exact) mass is 390 g/mol. The van der Waals surface area contributed by atoms with Crippen LogP contribution in [0, 0.1) is 0 Å². The summed E-state index contributed by atoms with van der Waals surface area (Å²) < 4.78 is 10.1. The molecule has 0 aliphatic heterocycles. The molecule has 1 aromatic carbocycles. The van der Waals surface area contributed by atoms with Crippen LogP contribution in [0.2, 0.25) is 0 Å². The summed E-state index contributed by atoms with van der Waals surface area (Å²) in [6, 6.07) is 9.77. The third-order valence-corrected chi connectivity index (χ3v) is 4.98. The summed E-state index contributed by atoms with van der Waals surface area (Å²) in [6.07, 6.45) is 0.707. The fourth-order valence-corrected chi connectivity index (χ4v) is 3.55. The molecule has 1 amide bonds. The van der Waals surface area contributed by atoms with Crippen molar-refractivity contribution in [3.63, 3.8) is 0 Å². The van der Waals surface area contributed by atoms with E-state index in [4.69, 9.17) is 9.47 Å². The number of amides is 1. The first kappa shape index (κ1) is 21.1. The van der Waals surface area contributed by atoms with Crippen LogP contribution in [0.15, 0.2) is 35.7 Å². The molecule has 0 bridgehead atoms. The van der Waals surface area contributed by atoms with Gasteiger partial charge in [0.25, 0.3) is 0 Å². The number of carbonyl (C=O) groups excluding carboxylic acids is 2. The molecule has 0 aliphatic rings. The van der Waals surface area contributed by atoms with Crippen LogP contribution in [0.4, 0.5) is 0 Å². The normalized spacial score (nSPS) is 11.8. The van der Waals surface area contributed by atoms with Gasteiger partial charge >= 0.3 is 5.97 Å². The summed E-state index contributed by atoms with van der Waals surface area (Å²) in [7, 11) is 1.61. The number of methoxy groups -OCH3 is 1. The number of hydrogen-bond acceptors (Lipinski definition) is 6. The van der Waals surface area contributed by atoms with E-state index in [9.17, 15) is 9.59 Å². The Kier molecular flexibility index (Phi) is 8.42. The predicted octanol–water partition coefficient (Wildman–Crippen LogP) is 3.49. The van der Waals surface area contributed by atoms with Gasteiger partial charge < -0.3 is 14.4 Å². The molecule has 1 unspecified atom stereocenters. The fourth-order valence-electron chi connectivity index (χ4n) is 2.77. The largest absolute Gasteiger partial charge is 0.461 e. The van der Waals surface area contributed by atoms with Gasteiger partial charge in [-0.1, -0.05) is 37.3 Å². The average molecular weight is 391 g/mol. The highest BCUT2D eigenvalue weighted by Crippen LogP contribution is 2.23. The first-order valence-electron chi connectivity index (χ1n) is 9.04. The van der Waals surface area contributed by atoms with Gasteiger partial charge in [-0.05, 0) is 18.9 Å². The topological polar surface area (TPSA) is 68.7 Å². The van der Waals surface area contributed by atoms with Crippen molar-refractivity contribution in [2.45, 2.75) is 32.7 Å². The zero-order valence-corrected chi connectivity index (χ0v) is 16.8. The molecule has 0 N–H and O–H groups in total. The molecule has 0 saturated carbocycles. The van der Waals surface area contributed by atoms with E-state index in [0.717, 1.165) is 5.56 Å². The van der Waals surface area contributed by atoms with Crippen molar-refractivity contribution in [1.29, 1.82) is 0 Å². The standard InChI is InChI=1S/C20H26N2O4S/c1-4-16(15-9-7-6-8-10-15)19(23)22(11-12-25-3)13-18-21-17(14-27-18)20(24)26-5-2/h6-10,14,16H,4-5,11-13H2,1-3H3. The van der Waals surface area contributed by atoms with Crippen molar-refractivity contribution in [1.82, 2.24) is 9.88 Å². The highest BCUT2D eigenvalue weighted by atomic mass is 32.1. The molecule has 6 nitrogen and oxygen atoms in total. The van der Waals surface area contributed by atoms with Crippen LogP contribution in [0.1, 0.15) is 47.2 Å². The second-order valence-corrected chi connectivity index (χ2v) is 6.91. The third-order valence-electron chi connectivity index (χ3n) is 4.15. The number of nitrogens with zero attached hydrogens (tertiary/aromatic N) is 2. The molecule has 2 aromatic rings. The van der Waals surface area contributed by atoms with Crippen LogP contribution in [0.3, 0.4) is 0 Å². The molecule has 27 heavy (non-hydrogen) atoms. The highest BCUT2D eigenvalue weighted by molar-refractivity contribution is 7.09. The maximum atomic E-state index is 13.2.